The Hall–Kier alpha value is -0.0800. The first kappa shape index (κ1) is 17.0. The Morgan fingerprint density at radius 2 is 1.84 bits per heavy atom. The van der Waals surface area contributed by atoms with Gasteiger partial charge in [0.15, 0.2) is 0 Å². The van der Waals surface area contributed by atoms with Crippen LogP contribution in [0.2, 0.25) is 0 Å². The van der Waals surface area contributed by atoms with Gasteiger partial charge in [0.25, 0.3) is 0 Å². The third kappa shape index (κ3) is 6.27. The molecule has 1 fully saturated rings. The molecule has 0 amide bonds. The zero-order valence-corrected chi connectivity index (χ0v) is 14.1. The number of hydrogen-bond acceptors (Lipinski definition) is 2. The topological polar surface area (TPSA) is 15.3 Å². The van der Waals surface area contributed by atoms with E-state index >= 15 is 0 Å². The quantitative estimate of drug-likeness (QED) is 0.756. The molecule has 0 radical (unpaired) electrons. The van der Waals surface area contributed by atoms with Crippen molar-refractivity contribution in [2.24, 2.45) is 17.3 Å². The highest BCUT2D eigenvalue weighted by Crippen LogP contribution is 2.29. The minimum Gasteiger partial charge on any atom is -0.316 e. The summed E-state index contributed by atoms with van der Waals surface area (Å²) in [6, 6.07) is 0.804. The van der Waals surface area contributed by atoms with Gasteiger partial charge in [-0.05, 0) is 43.7 Å². The van der Waals surface area contributed by atoms with Gasteiger partial charge in [0.2, 0.25) is 0 Å². The van der Waals surface area contributed by atoms with Crippen molar-refractivity contribution in [2.45, 2.75) is 66.3 Å². The highest BCUT2D eigenvalue weighted by molar-refractivity contribution is 4.83. The summed E-state index contributed by atoms with van der Waals surface area (Å²) >= 11 is 0. The first-order valence-electron chi connectivity index (χ1n) is 8.23. The second-order valence-electron chi connectivity index (χ2n) is 7.93. The van der Waals surface area contributed by atoms with Crippen molar-refractivity contribution in [3.05, 3.63) is 0 Å². The fraction of sp³-hybridized carbons (Fsp3) is 1.00. The molecule has 2 atom stereocenters. The summed E-state index contributed by atoms with van der Waals surface area (Å²) in [5, 5.41) is 3.62. The molecule has 19 heavy (non-hydrogen) atoms. The summed E-state index contributed by atoms with van der Waals surface area (Å²) in [6.07, 6.45) is 5.67. The molecule has 114 valence electrons. The van der Waals surface area contributed by atoms with E-state index in [9.17, 15) is 0 Å². The van der Waals surface area contributed by atoms with Crippen LogP contribution in [0.4, 0.5) is 0 Å². The Morgan fingerprint density at radius 1 is 1.21 bits per heavy atom. The van der Waals surface area contributed by atoms with Crippen molar-refractivity contribution in [1.29, 1.82) is 0 Å². The number of rotatable bonds is 7. The fourth-order valence-electron chi connectivity index (χ4n) is 3.50. The van der Waals surface area contributed by atoms with E-state index in [0.29, 0.717) is 5.41 Å². The van der Waals surface area contributed by atoms with Gasteiger partial charge in [-0.2, -0.15) is 0 Å². The van der Waals surface area contributed by atoms with E-state index in [4.69, 9.17) is 0 Å². The Morgan fingerprint density at radius 3 is 2.42 bits per heavy atom. The van der Waals surface area contributed by atoms with Gasteiger partial charge in [-0.3, -0.25) is 0 Å². The zero-order chi connectivity index (χ0) is 14.5. The van der Waals surface area contributed by atoms with Crippen LogP contribution >= 0.6 is 0 Å². The van der Waals surface area contributed by atoms with E-state index in [1.807, 2.05) is 0 Å². The van der Waals surface area contributed by atoms with Crippen molar-refractivity contribution in [3.63, 3.8) is 0 Å². The molecule has 0 bridgehead atoms. The summed E-state index contributed by atoms with van der Waals surface area (Å²) in [5.41, 5.74) is 0.362. The summed E-state index contributed by atoms with van der Waals surface area (Å²) in [7, 11) is 2.33. The lowest BCUT2D eigenvalue weighted by Gasteiger charge is -2.40. The molecule has 0 aliphatic heterocycles. The normalized spacial score (nSPS) is 25.3. The van der Waals surface area contributed by atoms with Crippen LogP contribution < -0.4 is 5.32 Å². The molecule has 2 heteroatoms. The van der Waals surface area contributed by atoms with Gasteiger partial charge in [0.1, 0.15) is 0 Å². The van der Waals surface area contributed by atoms with Gasteiger partial charge >= 0.3 is 0 Å². The van der Waals surface area contributed by atoms with E-state index in [-0.39, 0.29) is 0 Å². The summed E-state index contributed by atoms with van der Waals surface area (Å²) in [5.74, 6) is 1.62. The largest absolute Gasteiger partial charge is 0.316 e. The molecule has 2 nitrogen and oxygen atoms in total. The second kappa shape index (κ2) is 7.64. The van der Waals surface area contributed by atoms with Crippen LogP contribution in [0.25, 0.3) is 0 Å². The monoisotopic (exact) mass is 268 g/mol. The molecule has 2 unspecified atom stereocenters. The van der Waals surface area contributed by atoms with Gasteiger partial charge < -0.3 is 10.2 Å². The Kier molecular flexibility index (Phi) is 6.82. The predicted molar refractivity (Wildman–Crippen MR) is 85.5 cm³/mol. The molecular weight excluding hydrogens is 232 g/mol. The molecule has 1 aliphatic carbocycles. The summed E-state index contributed by atoms with van der Waals surface area (Å²) in [4.78, 5) is 2.63. The molecule has 1 aliphatic rings. The first-order chi connectivity index (χ1) is 8.82. The average Bonchev–Trinajstić information content (AvgIpc) is 2.27. The van der Waals surface area contributed by atoms with E-state index in [1.165, 1.54) is 32.2 Å². The van der Waals surface area contributed by atoms with E-state index in [2.05, 4.69) is 51.9 Å². The summed E-state index contributed by atoms with van der Waals surface area (Å²) < 4.78 is 0. The first-order valence-corrected chi connectivity index (χ1v) is 8.23. The van der Waals surface area contributed by atoms with Crippen molar-refractivity contribution in [2.75, 3.05) is 26.7 Å². The van der Waals surface area contributed by atoms with Gasteiger partial charge in [-0.25, -0.2) is 0 Å². The third-order valence-electron chi connectivity index (χ3n) is 4.47. The maximum absolute atomic E-state index is 3.62. The fourth-order valence-corrected chi connectivity index (χ4v) is 3.50. The van der Waals surface area contributed by atoms with Gasteiger partial charge in [-0.15, -0.1) is 0 Å². The number of nitrogens with one attached hydrogen (secondary N) is 1. The maximum Gasteiger partial charge on any atom is 0.0118 e. The van der Waals surface area contributed by atoms with Crippen LogP contribution in [0.3, 0.4) is 0 Å². The van der Waals surface area contributed by atoms with Crippen molar-refractivity contribution >= 4 is 0 Å². The minimum absolute atomic E-state index is 0.362. The Bertz CT molecular complexity index is 248. The van der Waals surface area contributed by atoms with E-state index in [1.54, 1.807) is 0 Å². The molecule has 0 aromatic carbocycles. The van der Waals surface area contributed by atoms with Crippen LogP contribution in [-0.4, -0.2) is 37.6 Å². The molecule has 0 aromatic heterocycles. The predicted octanol–water partition coefficient (Wildman–Crippen LogP) is 3.77. The molecule has 0 saturated heterocycles. The average molecular weight is 268 g/mol. The molecule has 0 heterocycles. The standard InChI is InChI=1S/C17H36N2/c1-14(2)11-18-12-17(4,5)13-19(6)16-10-8-7-9-15(16)3/h14-16,18H,7-13H2,1-6H3. The molecular formula is C17H36N2. The van der Waals surface area contributed by atoms with E-state index in [0.717, 1.165) is 31.0 Å². The van der Waals surface area contributed by atoms with Crippen LogP contribution in [0.5, 0.6) is 0 Å². The second-order valence-corrected chi connectivity index (χ2v) is 7.93. The lowest BCUT2D eigenvalue weighted by Crippen LogP contribution is -2.46. The molecule has 1 N–H and O–H groups in total. The maximum atomic E-state index is 3.62. The van der Waals surface area contributed by atoms with Crippen molar-refractivity contribution in [1.82, 2.24) is 10.2 Å². The van der Waals surface area contributed by atoms with Crippen LogP contribution in [-0.2, 0) is 0 Å². The smallest absolute Gasteiger partial charge is 0.0118 e. The highest BCUT2D eigenvalue weighted by Gasteiger charge is 2.28. The SMILES string of the molecule is CC(C)CNCC(C)(C)CN(C)C1CCCCC1C. The highest BCUT2D eigenvalue weighted by atomic mass is 15.1. The lowest BCUT2D eigenvalue weighted by molar-refractivity contribution is 0.0965. The summed E-state index contributed by atoms with van der Waals surface area (Å²) in [6.45, 7) is 15.2. The minimum atomic E-state index is 0.362. The zero-order valence-electron chi connectivity index (χ0n) is 14.1. The Labute approximate surface area is 121 Å². The van der Waals surface area contributed by atoms with Crippen LogP contribution in [0.15, 0.2) is 0 Å². The van der Waals surface area contributed by atoms with Crippen LogP contribution in [0, 0.1) is 17.3 Å². The van der Waals surface area contributed by atoms with Gasteiger partial charge in [0.05, 0.1) is 0 Å². The number of nitrogens with zero attached hydrogens (tertiary/aromatic N) is 1. The lowest BCUT2D eigenvalue weighted by atomic mass is 9.83. The number of hydrogen-bond donors (Lipinski definition) is 1. The van der Waals surface area contributed by atoms with Crippen molar-refractivity contribution in [3.8, 4) is 0 Å². The van der Waals surface area contributed by atoms with Crippen molar-refractivity contribution < 1.29 is 0 Å². The molecule has 1 saturated carbocycles. The molecule has 0 aromatic rings. The van der Waals surface area contributed by atoms with E-state index < -0.39 is 0 Å². The van der Waals surface area contributed by atoms with Gasteiger partial charge in [-0.1, -0.05) is 47.5 Å². The molecule has 1 rings (SSSR count). The van der Waals surface area contributed by atoms with Gasteiger partial charge in [0, 0.05) is 19.1 Å². The Balaban J connectivity index is 2.38. The van der Waals surface area contributed by atoms with Crippen LogP contribution in [0.1, 0.15) is 60.3 Å². The third-order valence-corrected chi connectivity index (χ3v) is 4.47. The molecule has 0 spiro atoms.